The molecule has 0 aliphatic rings. The smallest absolute Gasteiger partial charge is 0.276 e. The molecule has 0 saturated carbocycles. The van der Waals surface area contributed by atoms with Crippen LogP contribution in [0.25, 0.3) is 22.4 Å². The Balaban J connectivity index is 1.96. The Morgan fingerprint density at radius 1 is 1.23 bits per heavy atom. The number of methoxy groups -OCH3 is 1. The maximum Gasteiger partial charge on any atom is 0.276 e. The van der Waals surface area contributed by atoms with E-state index < -0.39 is 0 Å². The van der Waals surface area contributed by atoms with Crippen molar-refractivity contribution in [3.05, 3.63) is 72.4 Å². The van der Waals surface area contributed by atoms with Crippen molar-refractivity contribution in [1.82, 2.24) is 14.6 Å². The minimum absolute atomic E-state index is 0.178. The summed E-state index contributed by atoms with van der Waals surface area (Å²) in [6.07, 6.45) is 1.84. The molecule has 0 saturated heterocycles. The first-order chi connectivity index (χ1) is 12.6. The molecule has 0 spiro atoms. The molecule has 0 atom stereocenters. The Morgan fingerprint density at radius 2 is 2.04 bits per heavy atom. The highest BCUT2D eigenvalue weighted by Gasteiger charge is 2.18. The van der Waals surface area contributed by atoms with Gasteiger partial charge in [-0.3, -0.25) is 4.79 Å². The number of aromatic nitrogens is 3. The van der Waals surface area contributed by atoms with Gasteiger partial charge in [-0.15, -0.1) is 10.2 Å². The van der Waals surface area contributed by atoms with Crippen LogP contribution in [0, 0.1) is 0 Å². The standard InChI is InChI=1S/C18H11BrClN3O2S/c1-25-14-7-6-11(20)9-12(14)16-21-22-18-23(16)17(24)15(26-18)8-10-4-2-3-5-13(10)19/h2-9H,1H3/b15-8-. The normalized spacial score (nSPS) is 12.0. The van der Waals surface area contributed by atoms with Crippen LogP contribution in [0.5, 0.6) is 5.75 Å². The van der Waals surface area contributed by atoms with E-state index in [9.17, 15) is 4.79 Å². The average Bonchev–Trinajstić information content (AvgIpc) is 3.18. The van der Waals surface area contributed by atoms with Gasteiger partial charge in [0, 0.05) is 9.50 Å². The van der Waals surface area contributed by atoms with Gasteiger partial charge in [0.15, 0.2) is 5.82 Å². The predicted octanol–water partition coefficient (Wildman–Crippen LogP) is 3.79. The summed E-state index contributed by atoms with van der Waals surface area (Å²) >= 11 is 10.9. The van der Waals surface area contributed by atoms with E-state index in [1.165, 1.54) is 15.7 Å². The van der Waals surface area contributed by atoms with Crippen molar-refractivity contribution in [3.8, 4) is 17.1 Å². The third-order valence-electron chi connectivity index (χ3n) is 3.84. The lowest BCUT2D eigenvalue weighted by molar-refractivity contribution is 0.416. The monoisotopic (exact) mass is 447 g/mol. The molecule has 0 amide bonds. The summed E-state index contributed by atoms with van der Waals surface area (Å²) in [6, 6.07) is 12.9. The molecule has 5 nitrogen and oxygen atoms in total. The molecule has 0 radical (unpaired) electrons. The molecular formula is C18H11BrClN3O2S. The number of ether oxygens (including phenoxy) is 1. The molecule has 0 unspecified atom stereocenters. The van der Waals surface area contributed by atoms with Crippen LogP contribution in [0.15, 0.2) is 51.7 Å². The molecule has 130 valence electrons. The largest absolute Gasteiger partial charge is 0.496 e. The van der Waals surface area contributed by atoms with Gasteiger partial charge in [0.05, 0.1) is 17.2 Å². The van der Waals surface area contributed by atoms with Gasteiger partial charge in [-0.05, 0) is 35.9 Å². The predicted molar refractivity (Wildman–Crippen MR) is 107 cm³/mol. The number of fused-ring (bicyclic) bond motifs is 1. The second-order valence-electron chi connectivity index (χ2n) is 5.42. The number of rotatable bonds is 3. The molecule has 2 aromatic carbocycles. The van der Waals surface area contributed by atoms with Crippen molar-refractivity contribution in [2.45, 2.75) is 0 Å². The van der Waals surface area contributed by atoms with Gasteiger partial charge in [-0.2, -0.15) is 0 Å². The molecule has 0 aliphatic heterocycles. The summed E-state index contributed by atoms with van der Waals surface area (Å²) < 4.78 is 8.36. The third kappa shape index (κ3) is 2.92. The van der Waals surface area contributed by atoms with Crippen LogP contribution in [0.4, 0.5) is 0 Å². The molecule has 4 aromatic rings. The van der Waals surface area contributed by atoms with Gasteiger partial charge in [-0.25, -0.2) is 4.40 Å². The van der Waals surface area contributed by atoms with Crippen LogP contribution in [0.3, 0.4) is 0 Å². The summed E-state index contributed by atoms with van der Waals surface area (Å²) in [5, 5.41) is 8.84. The number of nitrogens with zero attached hydrogens (tertiary/aromatic N) is 3. The molecule has 0 fully saturated rings. The van der Waals surface area contributed by atoms with Crippen molar-refractivity contribution < 1.29 is 4.74 Å². The van der Waals surface area contributed by atoms with Gasteiger partial charge in [0.1, 0.15) is 5.75 Å². The molecule has 0 bridgehead atoms. The Bertz CT molecular complexity index is 1240. The van der Waals surface area contributed by atoms with Gasteiger partial charge < -0.3 is 4.74 Å². The first-order valence-electron chi connectivity index (χ1n) is 7.56. The van der Waals surface area contributed by atoms with Gasteiger partial charge >= 0.3 is 0 Å². The second kappa shape index (κ2) is 6.83. The summed E-state index contributed by atoms with van der Waals surface area (Å²) in [4.78, 5) is 13.5. The average molecular weight is 449 g/mol. The molecule has 0 aliphatic carbocycles. The third-order valence-corrected chi connectivity index (χ3v) is 5.76. The van der Waals surface area contributed by atoms with E-state index in [1.54, 1.807) is 25.3 Å². The Hall–Kier alpha value is -2.22. The minimum atomic E-state index is -0.178. The maximum atomic E-state index is 13.0. The molecule has 2 heterocycles. The fourth-order valence-corrected chi connectivity index (χ4v) is 4.10. The van der Waals surface area contributed by atoms with Crippen molar-refractivity contribution in [2.75, 3.05) is 7.11 Å². The van der Waals surface area contributed by atoms with Crippen molar-refractivity contribution in [1.29, 1.82) is 0 Å². The highest BCUT2D eigenvalue weighted by molar-refractivity contribution is 9.10. The van der Waals surface area contributed by atoms with Crippen LogP contribution < -0.4 is 14.8 Å². The lowest BCUT2D eigenvalue weighted by Crippen LogP contribution is -2.23. The Morgan fingerprint density at radius 3 is 2.81 bits per heavy atom. The van der Waals surface area contributed by atoms with Crippen LogP contribution in [-0.2, 0) is 0 Å². The van der Waals surface area contributed by atoms with Crippen molar-refractivity contribution >= 4 is 49.9 Å². The highest BCUT2D eigenvalue weighted by Crippen LogP contribution is 2.31. The highest BCUT2D eigenvalue weighted by atomic mass is 79.9. The molecule has 2 aromatic heterocycles. The molecule has 4 rings (SSSR count). The summed E-state index contributed by atoms with van der Waals surface area (Å²) in [5.41, 5.74) is 1.36. The SMILES string of the molecule is COc1ccc(Cl)cc1-c1nnc2s/c(=C\c3ccccc3Br)c(=O)n12. The number of hydrogen-bond donors (Lipinski definition) is 0. The topological polar surface area (TPSA) is 56.5 Å². The lowest BCUT2D eigenvalue weighted by Gasteiger charge is -2.06. The zero-order valence-electron chi connectivity index (χ0n) is 13.4. The number of halogens is 2. The Kier molecular flexibility index (Phi) is 4.52. The summed E-state index contributed by atoms with van der Waals surface area (Å²) in [7, 11) is 1.56. The van der Waals surface area contributed by atoms with E-state index in [0.717, 1.165) is 10.0 Å². The number of hydrogen-bond acceptors (Lipinski definition) is 5. The van der Waals surface area contributed by atoms with E-state index in [-0.39, 0.29) is 5.56 Å². The van der Waals surface area contributed by atoms with Crippen molar-refractivity contribution in [3.63, 3.8) is 0 Å². The summed E-state index contributed by atoms with van der Waals surface area (Å²) in [6.45, 7) is 0. The fourth-order valence-electron chi connectivity index (χ4n) is 2.63. The van der Waals surface area contributed by atoms with Crippen LogP contribution in [0.2, 0.25) is 5.02 Å². The van der Waals surface area contributed by atoms with Gasteiger partial charge in [0.2, 0.25) is 4.96 Å². The zero-order valence-corrected chi connectivity index (χ0v) is 16.6. The quantitative estimate of drug-likeness (QED) is 0.478. The molecule has 0 N–H and O–H groups in total. The molecular weight excluding hydrogens is 438 g/mol. The second-order valence-corrected chi connectivity index (χ2v) is 7.72. The van der Waals surface area contributed by atoms with E-state index in [2.05, 4.69) is 26.1 Å². The van der Waals surface area contributed by atoms with Crippen LogP contribution >= 0.6 is 38.9 Å². The minimum Gasteiger partial charge on any atom is -0.496 e. The summed E-state index contributed by atoms with van der Waals surface area (Å²) in [5.74, 6) is 0.984. The zero-order chi connectivity index (χ0) is 18.3. The first kappa shape index (κ1) is 17.2. The van der Waals surface area contributed by atoms with Crippen molar-refractivity contribution in [2.24, 2.45) is 0 Å². The molecule has 26 heavy (non-hydrogen) atoms. The van der Waals surface area contributed by atoms with E-state index in [0.29, 0.717) is 31.7 Å². The number of benzene rings is 2. The molecule has 8 heteroatoms. The fraction of sp³-hybridized carbons (Fsp3) is 0.0556. The first-order valence-corrected chi connectivity index (χ1v) is 9.55. The van der Waals surface area contributed by atoms with Crippen LogP contribution in [-0.4, -0.2) is 21.7 Å². The lowest BCUT2D eigenvalue weighted by atomic mass is 10.2. The van der Waals surface area contributed by atoms with Crippen LogP contribution in [0.1, 0.15) is 5.56 Å². The van der Waals surface area contributed by atoms with Gasteiger partial charge in [0.25, 0.3) is 5.56 Å². The Labute approximate surface area is 165 Å². The van der Waals surface area contributed by atoms with Gasteiger partial charge in [-0.1, -0.05) is 57.1 Å². The maximum absolute atomic E-state index is 13.0. The van der Waals surface area contributed by atoms with E-state index in [1.807, 2.05) is 30.3 Å². The van der Waals surface area contributed by atoms with E-state index >= 15 is 0 Å². The van der Waals surface area contributed by atoms with E-state index in [4.69, 9.17) is 16.3 Å². The number of thiazole rings is 1.